The van der Waals surface area contributed by atoms with Crippen molar-refractivity contribution in [1.29, 1.82) is 0 Å². The minimum Gasteiger partial charge on any atom is -0.506 e. The number of aromatic nitrogens is 3. The molecule has 4 nitrogen and oxygen atoms in total. The zero-order valence-electron chi connectivity index (χ0n) is 11.8. The summed E-state index contributed by atoms with van der Waals surface area (Å²) in [5.41, 5.74) is 3.34. The summed E-state index contributed by atoms with van der Waals surface area (Å²) in [6.07, 6.45) is 0. The normalized spacial score (nSPS) is 11.4. The maximum atomic E-state index is 9.61. The Kier molecular flexibility index (Phi) is 2.81. The molecule has 0 aliphatic heterocycles. The minimum absolute atomic E-state index is 0.0631. The van der Waals surface area contributed by atoms with Crippen LogP contribution in [0.3, 0.4) is 0 Å². The predicted octanol–water partition coefficient (Wildman–Crippen LogP) is 4.45. The average molecular weight is 310 g/mol. The van der Waals surface area contributed by atoms with Crippen molar-refractivity contribution in [2.45, 2.75) is 6.92 Å². The molecule has 0 saturated heterocycles. The first-order valence-corrected chi connectivity index (χ1v) is 7.25. The lowest BCUT2D eigenvalue weighted by Crippen LogP contribution is -1.89. The molecule has 22 heavy (non-hydrogen) atoms. The van der Waals surface area contributed by atoms with Crippen molar-refractivity contribution in [2.75, 3.05) is 0 Å². The van der Waals surface area contributed by atoms with Crippen molar-refractivity contribution in [1.82, 2.24) is 15.2 Å². The van der Waals surface area contributed by atoms with Crippen LogP contribution in [0.2, 0.25) is 5.02 Å². The van der Waals surface area contributed by atoms with Gasteiger partial charge >= 0.3 is 0 Å². The standard InChI is InChI=1S/C17H12ClN3O/c1-9-15-11-4-2-3-5-12(11)16(19-17(15)21-20-9)10-6-7-14(22)13(18)8-10/h2-8,22H,1H3,(H,19,20,21). The highest BCUT2D eigenvalue weighted by atomic mass is 35.5. The summed E-state index contributed by atoms with van der Waals surface area (Å²) in [7, 11) is 0. The Morgan fingerprint density at radius 1 is 1.09 bits per heavy atom. The number of aromatic amines is 1. The van der Waals surface area contributed by atoms with Crippen LogP contribution in [0.5, 0.6) is 5.75 Å². The van der Waals surface area contributed by atoms with Crippen LogP contribution in [0.4, 0.5) is 0 Å². The van der Waals surface area contributed by atoms with Gasteiger partial charge in [-0.1, -0.05) is 35.9 Å². The van der Waals surface area contributed by atoms with E-state index in [1.165, 1.54) is 0 Å². The van der Waals surface area contributed by atoms with Crippen LogP contribution in [0.25, 0.3) is 33.1 Å². The number of hydrogen-bond donors (Lipinski definition) is 2. The van der Waals surface area contributed by atoms with Crippen molar-refractivity contribution >= 4 is 33.4 Å². The van der Waals surface area contributed by atoms with Gasteiger partial charge in [-0.05, 0) is 30.5 Å². The molecule has 0 bridgehead atoms. The average Bonchev–Trinajstić information content (AvgIpc) is 2.91. The Morgan fingerprint density at radius 3 is 2.64 bits per heavy atom. The molecule has 4 rings (SSSR count). The second-order valence-electron chi connectivity index (χ2n) is 5.20. The van der Waals surface area contributed by atoms with Gasteiger partial charge < -0.3 is 5.11 Å². The van der Waals surface area contributed by atoms with Gasteiger partial charge in [-0.2, -0.15) is 5.10 Å². The number of phenolic OH excluding ortho intramolecular Hbond substituents is 1. The first kappa shape index (κ1) is 13.1. The summed E-state index contributed by atoms with van der Waals surface area (Å²) in [5, 5.41) is 20.3. The molecule has 4 aromatic rings. The number of fused-ring (bicyclic) bond motifs is 3. The highest BCUT2D eigenvalue weighted by Gasteiger charge is 2.14. The van der Waals surface area contributed by atoms with E-state index in [9.17, 15) is 5.11 Å². The summed E-state index contributed by atoms with van der Waals surface area (Å²) in [6, 6.07) is 13.2. The van der Waals surface area contributed by atoms with E-state index >= 15 is 0 Å². The third kappa shape index (κ3) is 1.84. The van der Waals surface area contributed by atoms with E-state index < -0.39 is 0 Å². The van der Waals surface area contributed by atoms with E-state index in [0.29, 0.717) is 5.02 Å². The smallest absolute Gasteiger partial charge is 0.156 e. The number of H-pyrrole nitrogens is 1. The largest absolute Gasteiger partial charge is 0.506 e. The molecule has 0 unspecified atom stereocenters. The maximum absolute atomic E-state index is 9.61. The number of phenols is 1. The molecule has 0 spiro atoms. The Bertz CT molecular complexity index is 1020. The van der Waals surface area contributed by atoms with Gasteiger partial charge in [0.05, 0.1) is 16.4 Å². The summed E-state index contributed by atoms with van der Waals surface area (Å²) in [6.45, 7) is 1.96. The second-order valence-corrected chi connectivity index (χ2v) is 5.61. The molecule has 0 aliphatic carbocycles. The monoisotopic (exact) mass is 309 g/mol. The van der Waals surface area contributed by atoms with Crippen molar-refractivity contribution in [2.24, 2.45) is 0 Å². The van der Waals surface area contributed by atoms with Crippen LogP contribution < -0.4 is 0 Å². The molecule has 108 valence electrons. The van der Waals surface area contributed by atoms with Gasteiger partial charge in [0, 0.05) is 16.3 Å². The third-order valence-corrected chi connectivity index (χ3v) is 4.13. The topological polar surface area (TPSA) is 61.8 Å². The molecule has 2 heterocycles. The van der Waals surface area contributed by atoms with E-state index in [1.807, 2.05) is 31.2 Å². The van der Waals surface area contributed by atoms with Crippen LogP contribution in [-0.2, 0) is 0 Å². The second kappa shape index (κ2) is 4.71. The van der Waals surface area contributed by atoms with Crippen molar-refractivity contribution in [3.63, 3.8) is 0 Å². The molecule has 2 aromatic heterocycles. The molecule has 0 atom stereocenters. The van der Waals surface area contributed by atoms with Gasteiger partial charge in [-0.25, -0.2) is 4.98 Å². The number of hydrogen-bond acceptors (Lipinski definition) is 3. The summed E-state index contributed by atoms with van der Waals surface area (Å²) < 4.78 is 0. The molecule has 0 fully saturated rings. The SMILES string of the molecule is Cc1n[nH]c2nc(-c3ccc(O)c(Cl)c3)c3ccccc3c12. The van der Waals surface area contributed by atoms with E-state index in [-0.39, 0.29) is 5.75 Å². The van der Waals surface area contributed by atoms with Crippen molar-refractivity contribution in [3.8, 4) is 17.0 Å². The Morgan fingerprint density at radius 2 is 1.86 bits per heavy atom. The van der Waals surface area contributed by atoms with Crippen LogP contribution in [0.1, 0.15) is 5.69 Å². The van der Waals surface area contributed by atoms with Gasteiger partial charge in [0.25, 0.3) is 0 Å². The maximum Gasteiger partial charge on any atom is 0.156 e. The molecule has 0 amide bonds. The van der Waals surface area contributed by atoms with Crippen molar-refractivity contribution < 1.29 is 5.11 Å². The Balaban J connectivity index is 2.13. The van der Waals surface area contributed by atoms with E-state index in [0.717, 1.165) is 38.8 Å². The number of rotatable bonds is 1. The first-order valence-electron chi connectivity index (χ1n) is 6.87. The Hall–Kier alpha value is -2.59. The van der Waals surface area contributed by atoms with Crippen molar-refractivity contribution in [3.05, 3.63) is 53.2 Å². The fourth-order valence-corrected chi connectivity index (χ4v) is 2.96. The zero-order valence-corrected chi connectivity index (χ0v) is 12.5. The molecule has 0 saturated carbocycles. The van der Waals surface area contributed by atoms with Crippen LogP contribution in [0, 0.1) is 6.92 Å². The minimum atomic E-state index is 0.0631. The van der Waals surface area contributed by atoms with Crippen LogP contribution >= 0.6 is 11.6 Å². The van der Waals surface area contributed by atoms with E-state index in [1.54, 1.807) is 12.1 Å². The van der Waals surface area contributed by atoms with Gasteiger partial charge in [-0.15, -0.1) is 0 Å². The molecular formula is C17H12ClN3O. The van der Waals surface area contributed by atoms with E-state index in [4.69, 9.17) is 16.6 Å². The summed E-state index contributed by atoms with van der Waals surface area (Å²) in [4.78, 5) is 4.71. The predicted molar refractivity (Wildman–Crippen MR) is 88.2 cm³/mol. The lowest BCUT2D eigenvalue weighted by atomic mass is 10.0. The van der Waals surface area contributed by atoms with Crippen LogP contribution in [0.15, 0.2) is 42.5 Å². The zero-order chi connectivity index (χ0) is 15.3. The number of benzene rings is 2. The van der Waals surface area contributed by atoms with E-state index in [2.05, 4.69) is 16.3 Å². The number of aromatic hydroxyl groups is 1. The lowest BCUT2D eigenvalue weighted by molar-refractivity contribution is 0.475. The number of aryl methyl sites for hydroxylation is 1. The molecule has 5 heteroatoms. The number of nitrogens with zero attached hydrogens (tertiary/aromatic N) is 2. The highest BCUT2D eigenvalue weighted by molar-refractivity contribution is 6.32. The van der Waals surface area contributed by atoms with Crippen LogP contribution in [-0.4, -0.2) is 20.3 Å². The van der Waals surface area contributed by atoms with Gasteiger partial charge in [0.15, 0.2) is 5.65 Å². The van der Waals surface area contributed by atoms with Gasteiger partial charge in [0.2, 0.25) is 0 Å². The molecule has 0 aliphatic rings. The quantitative estimate of drug-likeness (QED) is 0.546. The van der Waals surface area contributed by atoms with Gasteiger partial charge in [-0.3, -0.25) is 5.10 Å². The summed E-state index contributed by atoms with van der Waals surface area (Å²) in [5.74, 6) is 0.0631. The number of halogens is 1. The highest BCUT2D eigenvalue weighted by Crippen LogP contribution is 2.35. The summed E-state index contributed by atoms with van der Waals surface area (Å²) >= 11 is 6.04. The molecule has 2 aromatic carbocycles. The lowest BCUT2D eigenvalue weighted by Gasteiger charge is -2.08. The third-order valence-electron chi connectivity index (χ3n) is 3.82. The molecule has 0 radical (unpaired) electrons. The number of pyridine rings is 1. The first-order chi connectivity index (χ1) is 10.6. The fourth-order valence-electron chi connectivity index (χ4n) is 2.78. The molecule has 2 N–H and O–H groups in total. The molecular weight excluding hydrogens is 298 g/mol. The fraction of sp³-hybridized carbons (Fsp3) is 0.0588. The number of nitrogens with one attached hydrogen (secondary N) is 1. The Labute approximate surface area is 131 Å². The van der Waals surface area contributed by atoms with Gasteiger partial charge in [0.1, 0.15) is 5.75 Å².